The molecule has 1 atom stereocenters. The van der Waals surface area contributed by atoms with Crippen LogP contribution in [0.4, 0.5) is 0 Å². The van der Waals surface area contributed by atoms with Gasteiger partial charge < -0.3 is 10.5 Å². The van der Waals surface area contributed by atoms with E-state index in [-0.39, 0.29) is 0 Å². The molecular formula is C12H22N4O. The lowest BCUT2D eigenvalue weighted by atomic mass is 10.2. The van der Waals surface area contributed by atoms with E-state index in [0.717, 1.165) is 31.2 Å². The zero-order valence-corrected chi connectivity index (χ0v) is 10.9. The van der Waals surface area contributed by atoms with Crippen LogP contribution in [0.3, 0.4) is 0 Å². The fraction of sp³-hybridized carbons (Fsp3) is 0.750. The van der Waals surface area contributed by atoms with E-state index in [1.54, 1.807) is 11.8 Å². The molecule has 1 unspecified atom stereocenters. The SMILES string of the molecule is COc1c(CN2CCCC2CN)c(C)nn1C. The van der Waals surface area contributed by atoms with Crippen molar-refractivity contribution in [2.45, 2.75) is 32.4 Å². The fourth-order valence-electron chi connectivity index (χ4n) is 2.69. The van der Waals surface area contributed by atoms with Crippen LogP contribution in [0.15, 0.2) is 0 Å². The van der Waals surface area contributed by atoms with Crippen LogP contribution >= 0.6 is 0 Å². The van der Waals surface area contributed by atoms with E-state index in [4.69, 9.17) is 10.5 Å². The van der Waals surface area contributed by atoms with Gasteiger partial charge in [0, 0.05) is 26.2 Å². The van der Waals surface area contributed by atoms with Gasteiger partial charge >= 0.3 is 0 Å². The molecule has 17 heavy (non-hydrogen) atoms. The second kappa shape index (κ2) is 5.06. The van der Waals surface area contributed by atoms with Crippen molar-refractivity contribution in [2.75, 3.05) is 20.2 Å². The van der Waals surface area contributed by atoms with Gasteiger partial charge in [-0.25, -0.2) is 4.68 Å². The zero-order valence-electron chi connectivity index (χ0n) is 10.9. The van der Waals surface area contributed by atoms with Gasteiger partial charge in [-0.1, -0.05) is 0 Å². The first kappa shape index (κ1) is 12.4. The number of hydrogen-bond acceptors (Lipinski definition) is 4. The molecule has 2 heterocycles. The van der Waals surface area contributed by atoms with Gasteiger partial charge in [-0.15, -0.1) is 0 Å². The molecule has 0 saturated carbocycles. The van der Waals surface area contributed by atoms with Crippen LogP contribution in [0.25, 0.3) is 0 Å². The van der Waals surface area contributed by atoms with Gasteiger partial charge in [0.25, 0.3) is 0 Å². The number of ether oxygens (including phenoxy) is 1. The van der Waals surface area contributed by atoms with E-state index in [1.165, 1.54) is 18.4 Å². The molecule has 0 amide bonds. The van der Waals surface area contributed by atoms with Crippen molar-refractivity contribution < 1.29 is 4.74 Å². The van der Waals surface area contributed by atoms with Crippen LogP contribution in [0, 0.1) is 6.92 Å². The van der Waals surface area contributed by atoms with Gasteiger partial charge in [0.15, 0.2) is 0 Å². The third kappa shape index (κ3) is 2.30. The maximum atomic E-state index is 5.80. The molecule has 0 aliphatic carbocycles. The minimum atomic E-state index is 0.513. The first-order valence-electron chi connectivity index (χ1n) is 6.18. The van der Waals surface area contributed by atoms with Gasteiger partial charge in [0.2, 0.25) is 5.88 Å². The second-order valence-electron chi connectivity index (χ2n) is 4.70. The molecule has 0 aromatic carbocycles. The Morgan fingerprint density at radius 2 is 2.29 bits per heavy atom. The molecule has 5 nitrogen and oxygen atoms in total. The van der Waals surface area contributed by atoms with Crippen molar-refractivity contribution in [3.63, 3.8) is 0 Å². The molecule has 1 aromatic rings. The summed E-state index contributed by atoms with van der Waals surface area (Å²) in [5.41, 5.74) is 8.04. The lowest BCUT2D eigenvalue weighted by Gasteiger charge is -2.23. The largest absolute Gasteiger partial charge is 0.481 e. The maximum Gasteiger partial charge on any atom is 0.216 e. The fourth-order valence-corrected chi connectivity index (χ4v) is 2.69. The molecule has 1 saturated heterocycles. The average Bonchev–Trinajstić information content (AvgIpc) is 2.85. The normalized spacial score (nSPS) is 21.1. The molecule has 5 heteroatoms. The van der Waals surface area contributed by atoms with Crippen LogP contribution in [-0.4, -0.2) is 40.9 Å². The molecule has 2 N–H and O–H groups in total. The molecule has 1 aliphatic rings. The van der Waals surface area contributed by atoms with Gasteiger partial charge in [0.1, 0.15) is 0 Å². The van der Waals surface area contributed by atoms with E-state index in [1.807, 2.05) is 14.0 Å². The van der Waals surface area contributed by atoms with E-state index in [2.05, 4.69) is 10.00 Å². The Morgan fingerprint density at radius 3 is 2.94 bits per heavy atom. The summed E-state index contributed by atoms with van der Waals surface area (Å²) in [6, 6.07) is 0.513. The Morgan fingerprint density at radius 1 is 1.53 bits per heavy atom. The third-order valence-electron chi connectivity index (χ3n) is 3.61. The summed E-state index contributed by atoms with van der Waals surface area (Å²) in [5.74, 6) is 0.866. The van der Waals surface area contributed by atoms with Crippen molar-refractivity contribution in [2.24, 2.45) is 12.8 Å². The standard InChI is InChI=1S/C12H22N4O/c1-9-11(12(17-3)15(2)14-9)8-16-6-4-5-10(16)7-13/h10H,4-8,13H2,1-3H3. The summed E-state index contributed by atoms with van der Waals surface area (Å²) in [7, 11) is 3.62. The van der Waals surface area contributed by atoms with Crippen LogP contribution in [0.2, 0.25) is 0 Å². The van der Waals surface area contributed by atoms with E-state index < -0.39 is 0 Å². The maximum absolute atomic E-state index is 5.80. The predicted octanol–water partition coefficient (Wildman–Crippen LogP) is 0.660. The molecule has 96 valence electrons. The quantitative estimate of drug-likeness (QED) is 0.837. The average molecular weight is 238 g/mol. The summed E-state index contributed by atoms with van der Waals surface area (Å²) in [6.45, 7) is 4.79. The number of likely N-dealkylation sites (tertiary alicyclic amines) is 1. The molecule has 1 fully saturated rings. The van der Waals surface area contributed by atoms with E-state index in [0.29, 0.717) is 6.04 Å². The van der Waals surface area contributed by atoms with Gasteiger partial charge in [0.05, 0.1) is 18.4 Å². The minimum absolute atomic E-state index is 0.513. The van der Waals surface area contributed by atoms with Crippen LogP contribution < -0.4 is 10.5 Å². The highest BCUT2D eigenvalue weighted by Crippen LogP contribution is 2.26. The van der Waals surface area contributed by atoms with Crippen LogP contribution in [0.5, 0.6) is 5.88 Å². The van der Waals surface area contributed by atoms with Crippen molar-refractivity contribution in [1.82, 2.24) is 14.7 Å². The summed E-state index contributed by atoms with van der Waals surface area (Å²) in [4.78, 5) is 2.44. The number of hydrogen-bond donors (Lipinski definition) is 1. The number of nitrogens with zero attached hydrogens (tertiary/aromatic N) is 3. The molecule has 1 aliphatic heterocycles. The number of aromatic nitrogens is 2. The molecule has 2 rings (SSSR count). The highest BCUT2D eigenvalue weighted by molar-refractivity contribution is 5.31. The lowest BCUT2D eigenvalue weighted by Crippen LogP contribution is -2.35. The minimum Gasteiger partial charge on any atom is -0.481 e. The second-order valence-corrected chi connectivity index (χ2v) is 4.70. The summed E-state index contributed by atoms with van der Waals surface area (Å²) < 4.78 is 7.22. The van der Waals surface area contributed by atoms with Crippen molar-refractivity contribution in [3.8, 4) is 5.88 Å². The molecular weight excluding hydrogens is 216 g/mol. The smallest absolute Gasteiger partial charge is 0.216 e. The highest BCUT2D eigenvalue weighted by Gasteiger charge is 2.26. The molecule has 0 bridgehead atoms. The Balaban J connectivity index is 2.17. The highest BCUT2D eigenvalue weighted by atomic mass is 16.5. The van der Waals surface area contributed by atoms with Crippen LogP contribution in [0.1, 0.15) is 24.1 Å². The number of rotatable bonds is 4. The van der Waals surface area contributed by atoms with E-state index in [9.17, 15) is 0 Å². The number of nitrogens with two attached hydrogens (primary N) is 1. The third-order valence-corrected chi connectivity index (χ3v) is 3.61. The Hall–Kier alpha value is -1.07. The number of aryl methyl sites for hydroxylation is 2. The first-order chi connectivity index (χ1) is 8.17. The van der Waals surface area contributed by atoms with Crippen molar-refractivity contribution >= 4 is 0 Å². The Labute approximate surface area is 103 Å². The molecule has 0 radical (unpaired) electrons. The molecule has 0 spiro atoms. The Kier molecular flexibility index (Phi) is 3.69. The summed E-state index contributed by atoms with van der Waals surface area (Å²) in [6.07, 6.45) is 2.45. The monoisotopic (exact) mass is 238 g/mol. The summed E-state index contributed by atoms with van der Waals surface area (Å²) >= 11 is 0. The van der Waals surface area contributed by atoms with Crippen molar-refractivity contribution in [3.05, 3.63) is 11.3 Å². The summed E-state index contributed by atoms with van der Waals surface area (Å²) in [5, 5.41) is 4.41. The zero-order chi connectivity index (χ0) is 12.4. The number of methoxy groups -OCH3 is 1. The van der Waals surface area contributed by atoms with Crippen LogP contribution in [-0.2, 0) is 13.6 Å². The van der Waals surface area contributed by atoms with Gasteiger partial charge in [-0.05, 0) is 26.3 Å². The lowest BCUT2D eigenvalue weighted by molar-refractivity contribution is 0.245. The Bertz CT molecular complexity index is 388. The topological polar surface area (TPSA) is 56.3 Å². The van der Waals surface area contributed by atoms with Crippen molar-refractivity contribution in [1.29, 1.82) is 0 Å². The van der Waals surface area contributed by atoms with E-state index >= 15 is 0 Å². The van der Waals surface area contributed by atoms with Gasteiger partial charge in [-0.3, -0.25) is 4.90 Å². The molecule has 1 aromatic heterocycles. The first-order valence-corrected chi connectivity index (χ1v) is 6.18. The predicted molar refractivity (Wildman–Crippen MR) is 67.0 cm³/mol. The van der Waals surface area contributed by atoms with Gasteiger partial charge in [-0.2, -0.15) is 5.10 Å².